The molecule has 5 heteroatoms. The molecule has 2 amide bonds. The summed E-state index contributed by atoms with van der Waals surface area (Å²) in [7, 11) is 0. The summed E-state index contributed by atoms with van der Waals surface area (Å²) in [4.78, 5) is 25.1. The van der Waals surface area contributed by atoms with Gasteiger partial charge < -0.3 is 11.1 Å². The third kappa shape index (κ3) is 5.18. The van der Waals surface area contributed by atoms with Gasteiger partial charge in [-0.25, -0.2) is 0 Å². The Labute approximate surface area is 191 Å². The highest BCUT2D eigenvalue weighted by Gasteiger charge is 2.22. The Balaban J connectivity index is 1.49. The van der Waals surface area contributed by atoms with Gasteiger partial charge in [0.25, 0.3) is 0 Å². The minimum Gasteiger partial charge on any atom is -0.368 e. The fourth-order valence-electron chi connectivity index (χ4n) is 3.73. The van der Waals surface area contributed by atoms with Gasteiger partial charge in [0.15, 0.2) is 0 Å². The monoisotopic (exact) mass is 440 g/mol. The molecule has 0 heterocycles. The summed E-state index contributed by atoms with van der Waals surface area (Å²) >= 11 is 1.25. The van der Waals surface area contributed by atoms with Crippen LogP contribution in [0.25, 0.3) is 10.8 Å². The molecule has 0 aliphatic heterocycles. The Morgan fingerprint density at radius 1 is 0.719 bits per heavy atom. The molecule has 160 valence electrons. The fraction of sp³-hybridized carbons (Fsp3) is 0.111. The number of carbonyl (C=O) groups is 2. The van der Waals surface area contributed by atoms with Crippen molar-refractivity contribution in [3.63, 3.8) is 0 Å². The maximum Gasteiger partial charge on any atom is 0.235 e. The van der Waals surface area contributed by atoms with Crippen molar-refractivity contribution in [3.05, 3.63) is 120 Å². The van der Waals surface area contributed by atoms with Gasteiger partial charge in [-0.15, -0.1) is 11.8 Å². The van der Waals surface area contributed by atoms with Crippen molar-refractivity contribution in [1.82, 2.24) is 5.32 Å². The molecule has 0 saturated heterocycles. The Bertz CT molecular complexity index is 1170. The van der Waals surface area contributed by atoms with Gasteiger partial charge in [0.1, 0.15) is 5.25 Å². The second-order valence-electron chi connectivity index (χ2n) is 7.52. The summed E-state index contributed by atoms with van der Waals surface area (Å²) < 4.78 is 0. The molecular formula is C27H24N2O2S. The van der Waals surface area contributed by atoms with Crippen LogP contribution in [0.5, 0.6) is 0 Å². The smallest absolute Gasteiger partial charge is 0.235 e. The molecule has 0 bridgehead atoms. The lowest BCUT2D eigenvalue weighted by molar-refractivity contribution is -0.119. The molecule has 0 aliphatic carbocycles. The molecule has 4 aromatic rings. The lowest BCUT2D eigenvalue weighted by Gasteiger charge is -2.21. The van der Waals surface area contributed by atoms with Crippen LogP contribution < -0.4 is 11.1 Å². The van der Waals surface area contributed by atoms with Crippen LogP contribution in [0.1, 0.15) is 28.0 Å². The Morgan fingerprint density at radius 2 is 1.28 bits per heavy atom. The maximum absolute atomic E-state index is 12.9. The molecule has 3 N–H and O–H groups in total. The van der Waals surface area contributed by atoms with Crippen LogP contribution in [0.3, 0.4) is 0 Å². The summed E-state index contributed by atoms with van der Waals surface area (Å²) in [5.41, 5.74) is 8.49. The first-order chi connectivity index (χ1) is 15.6. The van der Waals surface area contributed by atoms with Crippen molar-refractivity contribution >= 4 is 34.3 Å². The molecule has 0 aromatic heterocycles. The average molecular weight is 441 g/mol. The lowest BCUT2D eigenvalue weighted by atomic mass is 9.99. The third-order valence-electron chi connectivity index (χ3n) is 5.29. The van der Waals surface area contributed by atoms with Crippen molar-refractivity contribution < 1.29 is 9.59 Å². The van der Waals surface area contributed by atoms with E-state index in [9.17, 15) is 9.59 Å². The standard InChI is InChI=1S/C27H24N2O2S/c28-27(31)26(23-16-15-19-9-7-8-14-22(19)17-23)32-18-24(30)29-25(20-10-3-1-4-11-20)21-12-5-2-6-13-21/h1-17,25-26H,18H2,(H2,28,31)(H,29,30). The first-order valence-corrected chi connectivity index (χ1v) is 11.5. The molecule has 4 aromatic carbocycles. The molecule has 0 aliphatic rings. The van der Waals surface area contributed by atoms with Crippen LogP contribution in [0, 0.1) is 0 Å². The van der Waals surface area contributed by atoms with Crippen LogP contribution in [-0.2, 0) is 9.59 Å². The van der Waals surface area contributed by atoms with E-state index in [0.29, 0.717) is 0 Å². The number of thioether (sulfide) groups is 1. The van der Waals surface area contributed by atoms with Gasteiger partial charge in [0.2, 0.25) is 11.8 Å². The van der Waals surface area contributed by atoms with Crippen LogP contribution in [-0.4, -0.2) is 17.6 Å². The quantitative estimate of drug-likeness (QED) is 0.405. The number of carbonyl (C=O) groups excluding carboxylic acids is 2. The molecule has 0 radical (unpaired) electrons. The Hall–Kier alpha value is -3.57. The minimum atomic E-state index is -0.600. The van der Waals surface area contributed by atoms with Crippen molar-refractivity contribution in [2.24, 2.45) is 5.73 Å². The zero-order valence-corrected chi connectivity index (χ0v) is 18.3. The first-order valence-electron chi connectivity index (χ1n) is 10.4. The molecule has 4 rings (SSSR count). The number of hydrogen-bond donors (Lipinski definition) is 2. The van der Waals surface area contributed by atoms with Crippen LogP contribution in [0.15, 0.2) is 103 Å². The maximum atomic E-state index is 12.9. The number of nitrogens with two attached hydrogens (primary N) is 1. The highest BCUT2D eigenvalue weighted by molar-refractivity contribution is 8.00. The van der Waals surface area contributed by atoms with Gasteiger partial charge in [0, 0.05) is 0 Å². The molecule has 32 heavy (non-hydrogen) atoms. The SMILES string of the molecule is NC(=O)C(SCC(=O)NC(c1ccccc1)c1ccccc1)c1ccc2ccccc2c1. The number of rotatable bonds is 8. The van der Waals surface area contributed by atoms with Crippen molar-refractivity contribution in [1.29, 1.82) is 0 Å². The third-order valence-corrected chi connectivity index (χ3v) is 6.55. The minimum absolute atomic E-state index is 0.122. The zero-order valence-electron chi connectivity index (χ0n) is 17.5. The summed E-state index contributed by atoms with van der Waals surface area (Å²) in [6.07, 6.45) is 0. The van der Waals surface area contributed by atoms with E-state index in [1.807, 2.05) is 103 Å². The van der Waals surface area contributed by atoms with Crippen LogP contribution >= 0.6 is 11.8 Å². The number of hydrogen-bond acceptors (Lipinski definition) is 3. The number of nitrogens with one attached hydrogen (secondary N) is 1. The van der Waals surface area contributed by atoms with E-state index >= 15 is 0 Å². The summed E-state index contributed by atoms with van der Waals surface area (Å²) in [6.45, 7) is 0. The predicted molar refractivity (Wildman–Crippen MR) is 131 cm³/mol. The Morgan fingerprint density at radius 3 is 1.88 bits per heavy atom. The van der Waals surface area contributed by atoms with E-state index in [1.165, 1.54) is 11.8 Å². The second kappa shape index (κ2) is 10.2. The van der Waals surface area contributed by atoms with E-state index in [2.05, 4.69) is 5.32 Å². The van der Waals surface area contributed by atoms with E-state index in [-0.39, 0.29) is 17.7 Å². The topological polar surface area (TPSA) is 72.2 Å². The first kappa shape index (κ1) is 21.7. The number of fused-ring (bicyclic) bond motifs is 1. The van der Waals surface area contributed by atoms with Gasteiger partial charge in [-0.05, 0) is 33.5 Å². The van der Waals surface area contributed by atoms with Gasteiger partial charge in [-0.1, -0.05) is 97.1 Å². The zero-order chi connectivity index (χ0) is 22.3. The summed E-state index contributed by atoms with van der Waals surface area (Å²) in [6, 6.07) is 33.2. The van der Waals surface area contributed by atoms with Crippen LogP contribution in [0.4, 0.5) is 0 Å². The largest absolute Gasteiger partial charge is 0.368 e. The fourth-order valence-corrected chi connectivity index (χ4v) is 4.63. The second-order valence-corrected chi connectivity index (χ2v) is 8.62. The van der Waals surface area contributed by atoms with Crippen molar-refractivity contribution in [2.45, 2.75) is 11.3 Å². The average Bonchev–Trinajstić information content (AvgIpc) is 2.83. The van der Waals surface area contributed by atoms with Gasteiger partial charge in [-0.3, -0.25) is 9.59 Å². The van der Waals surface area contributed by atoms with Gasteiger partial charge in [0.05, 0.1) is 11.8 Å². The molecule has 0 spiro atoms. The van der Waals surface area contributed by atoms with E-state index in [1.54, 1.807) is 0 Å². The van der Waals surface area contributed by atoms with Crippen molar-refractivity contribution in [3.8, 4) is 0 Å². The summed E-state index contributed by atoms with van der Waals surface area (Å²) in [5.74, 6) is -0.489. The highest BCUT2D eigenvalue weighted by atomic mass is 32.2. The molecule has 0 fully saturated rings. The normalized spacial score (nSPS) is 11.9. The molecule has 0 saturated carbocycles. The number of primary amides is 1. The van der Waals surface area contributed by atoms with Crippen LogP contribution in [0.2, 0.25) is 0 Å². The molecule has 1 atom stereocenters. The lowest BCUT2D eigenvalue weighted by Crippen LogP contribution is -2.31. The van der Waals surface area contributed by atoms with Crippen molar-refractivity contribution in [2.75, 3.05) is 5.75 Å². The van der Waals surface area contributed by atoms with E-state index < -0.39 is 11.2 Å². The van der Waals surface area contributed by atoms with E-state index in [4.69, 9.17) is 5.73 Å². The van der Waals surface area contributed by atoms with Gasteiger partial charge in [-0.2, -0.15) is 0 Å². The number of amides is 2. The molecular weight excluding hydrogens is 416 g/mol. The number of benzene rings is 4. The summed E-state index contributed by atoms with van der Waals surface area (Å²) in [5, 5.41) is 4.64. The molecule has 4 nitrogen and oxygen atoms in total. The Kier molecular flexibility index (Phi) is 6.87. The van der Waals surface area contributed by atoms with Gasteiger partial charge >= 0.3 is 0 Å². The molecule has 1 unspecified atom stereocenters. The predicted octanol–water partition coefficient (Wildman–Crippen LogP) is 5.01. The highest BCUT2D eigenvalue weighted by Crippen LogP contribution is 2.31. The van der Waals surface area contributed by atoms with E-state index in [0.717, 1.165) is 27.5 Å².